The fourth-order valence-electron chi connectivity index (χ4n) is 2.33. The minimum absolute atomic E-state index is 0.0920. The largest absolute Gasteiger partial charge is 0.516 e. The van der Waals surface area contributed by atoms with Crippen LogP contribution in [0.2, 0.25) is 0 Å². The average Bonchev–Trinajstić information content (AvgIpc) is 3.04. The van der Waals surface area contributed by atoms with Crippen LogP contribution in [0.1, 0.15) is 17.2 Å². The van der Waals surface area contributed by atoms with Crippen molar-refractivity contribution >= 4 is 21.6 Å². The standard InChI is InChI=1S/C16H13F3N2O3S/c17-16(18,19)25(22,23)21-13-9-5-4-8-12(13)15-20-14(10-24-15)11-6-2-1-3-7-11/h1-9,14,21H,10H2/t14-/m0/s1. The lowest BCUT2D eigenvalue weighted by molar-refractivity contribution is -0.0429. The van der Waals surface area contributed by atoms with Crippen LogP contribution >= 0.6 is 0 Å². The second-order valence-electron chi connectivity index (χ2n) is 5.27. The molecule has 0 radical (unpaired) electrons. The molecule has 25 heavy (non-hydrogen) atoms. The van der Waals surface area contributed by atoms with Crippen molar-refractivity contribution < 1.29 is 26.3 Å². The van der Waals surface area contributed by atoms with E-state index in [9.17, 15) is 21.6 Å². The number of para-hydroxylation sites is 1. The van der Waals surface area contributed by atoms with Gasteiger partial charge in [-0.3, -0.25) is 4.72 Å². The third-order valence-electron chi connectivity index (χ3n) is 3.54. The lowest BCUT2D eigenvalue weighted by atomic mass is 10.1. The SMILES string of the molecule is O=S(=O)(Nc1ccccc1C1=N[C@H](c2ccccc2)CO1)C(F)(F)F. The van der Waals surface area contributed by atoms with Gasteiger partial charge in [-0.1, -0.05) is 42.5 Å². The second kappa shape index (κ2) is 6.40. The maximum absolute atomic E-state index is 12.6. The molecule has 3 rings (SSSR count). The van der Waals surface area contributed by atoms with Crippen molar-refractivity contribution in [2.75, 3.05) is 11.3 Å². The van der Waals surface area contributed by atoms with Gasteiger partial charge in [0, 0.05) is 0 Å². The Kier molecular flexibility index (Phi) is 4.42. The summed E-state index contributed by atoms with van der Waals surface area (Å²) in [6, 6.07) is 14.6. The number of ether oxygens (including phenoxy) is 1. The molecule has 5 nitrogen and oxygen atoms in total. The quantitative estimate of drug-likeness (QED) is 0.896. The van der Waals surface area contributed by atoms with Crippen molar-refractivity contribution in [3.8, 4) is 0 Å². The van der Waals surface area contributed by atoms with Crippen LogP contribution in [0, 0.1) is 0 Å². The predicted molar refractivity (Wildman–Crippen MR) is 86.7 cm³/mol. The number of benzene rings is 2. The van der Waals surface area contributed by atoms with E-state index >= 15 is 0 Å². The van der Waals surface area contributed by atoms with Crippen LogP contribution in [0.15, 0.2) is 59.6 Å². The van der Waals surface area contributed by atoms with Gasteiger partial charge in [0.05, 0.1) is 11.3 Å². The maximum atomic E-state index is 12.6. The Morgan fingerprint density at radius 1 is 1.04 bits per heavy atom. The van der Waals surface area contributed by atoms with E-state index in [1.54, 1.807) is 10.8 Å². The van der Waals surface area contributed by atoms with Crippen LogP contribution in [0.3, 0.4) is 0 Å². The Morgan fingerprint density at radius 3 is 2.36 bits per heavy atom. The van der Waals surface area contributed by atoms with Gasteiger partial charge < -0.3 is 4.74 Å². The second-order valence-corrected chi connectivity index (χ2v) is 6.94. The Labute approximate surface area is 142 Å². The maximum Gasteiger partial charge on any atom is 0.516 e. The molecule has 2 aromatic rings. The fourth-order valence-corrected chi connectivity index (χ4v) is 2.91. The molecule has 0 unspecified atom stereocenters. The molecule has 1 heterocycles. The molecular weight excluding hydrogens is 357 g/mol. The highest BCUT2D eigenvalue weighted by atomic mass is 32.2. The van der Waals surface area contributed by atoms with Crippen LogP contribution in [0.5, 0.6) is 0 Å². The summed E-state index contributed by atoms with van der Waals surface area (Å²) in [5.74, 6) is 0.0920. The number of anilines is 1. The number of hydrogen-bond acceptors (Lipinski definition) is 4. The van der Waals surface area contributed by atoms with Gasteiger partial charge in [-0.15, -0.1) is 0 Å². The first kappa shape index (κ1) is 17.3. The molecule has 9 heteroatoms. The van der Waals surface area contributed by atoms with E-state index in [1.807, 2.05) is 30.3 Å². The van der Waals surface area contributed by atoms with Gasteiger partial charge in [0.15, 0.2) is 0 Å². The molecule has 0 saturated heterocycles. The van der Waals surface area contributed by atoms with Crippen molar-refractivity contribution in [3.63, 3.8) is 0 Å². The van der Waals surface area contributed by atoms with E-state index in [4.69, 9.17) is 4.74 Å². The third-order valence-corrected chi connectivity index (χ3v) is 4.64. The Bertz CT molecular complexity index is 896. The van der Waals surface area contributed by atoms with E-state index in [0.717, 1.165) is 5.56 Å². The van der Waals surface area contributed by atoms with Crippen molar-refractivity contribution in [1.29, 1.82) is 0 Å². The van der Waals surface area contributed by atoms with Crippen LogP contribution in [-0.4, -0.2) is 26.4 Å². The number of rotatable bonds is 4. The highest BCUT2D eigenvalue weighted by molar-refractivity contribution is 7.93. The number of nitrogens with one attached hydrogen (secondary N) is 1. The summed E-state index contributed by atoms with van der Waals surface area (Å²) in [6.45, 7) is 0.222. The van der Waals surface area contributed by atoms with Crippen LogP contribution in [-0.2, 0) is 14.8 Å². The lowest BCUT2D eigenvalue weighted by Gasteiger charge is -2.13. The zero-order valence-corrected chi connectivity index (χ0v) is 13.5. The summed E-state index contributed by atoms with van der Waals surface area (Å²) < 4.78 is 67.5. The zero-order chi connectivity index (χ0) is 18.1. The Hall–Kier alpha value is -2.55. The van der Waals surface area contributed by atoms with Gasteiger partial charge in [-0.05, 0) is 17.7 Å². The zero-order valence-electron chi connectivity index (χ0n) is 12.7. The molecule has 1 N–H and O–H groups in total. The number of aliphatic imine (C=N–C) groups is 1. The molecule has 0 aliphatic carbocycles. The smallest absolute Gasteiger partial charge is 0.475 e. The van der Waals surface area contributed by atoms with E-state index in [1.165, 1.54) is 18.2 Å². The molecule has 0 aromatic heterocycles. The summed E-state index contributed by atoms with van der Waals surface area (Å²) in [5.41, 5.74) is -4.61. The third kappa shape index (κ3) is 3.60. The highest BCUT2D eigenvalue weighted by Crippen LogP contribution is 2.30. The summed E-state index contributed by atoms with van der Waals surface area (Å²) in [5, 5.41) is 0. The molecule has 1 aliphatic heterocycles. The van der Waals surface area contributed by atoms with Gasteiger partial charge in [0.25, 0.3) is 0 Å². The number of alkyl halides is 3. The number of nitrogens with zero attached hydrogens (tertiary/aromatic N) is 1. The number of halogens is 3. The first-order chi connectivity index (χ1) is 11.8. The van der Waals surface area contributed by atoms with E-state index in [-0.39, 0.29) is 29.8 Å². The minimum atomic E-state index is -5.53. The molecule has 1 atom stereocenters. The summed E-state index contributed by atoms with van der Waals surface area (Å²) >= 11 is 0. The number of sulfonamides is 1. The van der Waals surface area contributed by atoms with Gasteiger partial charge in [0.1, 0.15) is 12.6 Å². The lowest BCUT2D eigenvalue weighted by Crippen LogP contribution is -2.30. The molecule has 0 bridgehead atoms. The summed E-state index contributed by atoms with van der Waals surface area (Å²) in [6.07, 6.45) is 0. The molecule has 0 saturated carbocycles. The minimum Gasteiger partial charge on any atom is -0.475 e. The van der Waals surface area contributed by atoms with E-state index in [0.29, 0.717) is 0 Å². The van der Waals surface area contributed by atoms with Crippen LogP contribution < -0.4 is 4.72 Å². The summed E-state index contributed by atoms with van der Waals surface area (Å²) in [7, 11) is -5.53. The molecule has 2 aromatic carbocycles. The fraction of sp³-hybridized carbons (Fsp3) is 0.188. The molecule has 132 valence electrons. The van der Waals surface area contributed by atoms with E-state index in [2.05, 4.69) is 4.99 Å². The van der Waals surface area contributed by atoms with Crippen molar-refractivity contribution in [3.05, 3.63) is 65.7 Å². The summed E-state index contributed by atoms with van der Waals surface area (Å²) in [4.78, 5) is 4.36. The number of hydrogen-bond donors (Lipinski definition) is 1. The Balaban J connectivity index is 1.92. The van der Waals surface area contributed by atoms with Gasteiger partial charge >= 0.3 is 15.5 Å². The first-order valence-electron chi connectivity index (χ1n) is 7.22. The highest BCUT2D eigenvalue weighted by Gasteiger charge is 2.46. The Morgan fingerprint density at radius 2 is 1.68 bits per heavy atom. The topological polar surface area (TPSA) is 67.8 Å². The molecule has 0 amide bonds. The molecule has 1 aliphatic rings. The monoisotopic (exact) mass is 370 g/mol. The van der Waals surface area contributed by atoms with Gasteiger partial charge in [-0.25, -0.2) is 4.99 Å². The van der Waals surface area contributed by atoms with Crippen molar-refractivity contribution in [1.82, 2.24) is 0 Å². The molecular formula is C16H13F3N2O3S. The van der Waals surface area contributed by atoms with E-state index < -0.39 is 15.5 Å². The van der Waals surface area contributed by atoms with Crippen molar-refractivity contribution in [2.24, 2.45) is 4.99 Å². The molecule has 0 spiro atoms. The van der Waals surface area contributed by atoms with Gasteiger partial charge in [-0.2, -0.15) is 21.6 Å². The van der Waals surface area contributed by atoms with Crippen molar-refractivity contribution in [2.45, 2.75) is 11.6 Å². The average molecular weight is 370 g/mol. The predicted octanol–water partition coefficient (Wildman–Crippen LogP) is 3.47. The van der Waals surface area contributed by atoms with Crippen LogP contribution in [0.25, 0.3) is 0 Å². The normalized spacial score (nSPS) is 17.7. The first-order valence-corrected chi connectivity index (χ1v) is 8.70. The van der Waals surface area contributed by atoms with Gasteiger partial charge in [0.2, 0.25) is 5.90 Å². The molecule has 0 fully saturated rings. The van der Waals surface area contributed by atoms with Crippen LogP contribution in [0.4, 0.5) is 18.9 Å².